The Bertz CT molecular complexity index is 836. The van der Waals surface area contributed by atoms with Crippen LogP contribution in [0, 0.1) is 0 Å². The van der Waals surface area contributed by atoms with Gasteiger partial charge < -0.3 is 20.1 Å². The molecule has 2 aromatic carbocycles. The molecule has 1 heterocycles. The second-order valence-corrected chi connectivity index (χ2v) is 6.66. The van der Waals surface area contributed by atoms with Crippen molar-refractivity contribution < 1.29 is 19.1 Å². The van der Waals surface area contributed by atoms with Gasteiger partial charge in [0.25, 0.3) is 0 Å². The van der Waals surface area contributed by atoms with Crippen LogP contribution in [-0.2, 0) is 20.7 Å². The molecule has 0 aliphatic carbocycles. The highest BCUT2D eigenvalue weighted by Crippen LogP contribution is 2.31. The van der Waals surface area contributed by atoms with Gasteiger partial charge >= 0.3 is 0 Å². The smallest absolute Gasteiger partial charge is 0.245 e. The summed E-state index contributed by atoms with van der Waals surface area (Å²) in [5.74, 6) is 0.114. The number of hydrogen-bond acceptors (Lipinski definition) is 4. The summed E-state index contributed by atoms with van der Waals surface area (Å²) in [5.41, 5.74) is 5.49. The summed E-state index contributed by atoms with van der Waals surface area (Å²) in [7, 11) is 3.13. The van der Waals surface area contributed by atoms with Crippen molar-refractivity contribution in [2.75, 3.05) is 27.4 Å². The van der Waals surface area contributed by atoms with Crippen molar-refractivity contribution in [3.63, 3.8) is 0 Å². The van der Waals surface area contributed by atoms with Crippen LogP contribution in [0.25, 0.3) is 10.8 Å². The molecule has 3 rings (SSSR count). The summed E-state index contributed by atoms with van der Waals surface area (Å²) in [6.45, 7) is 0.636. The van der Waals surface area contributed by atoms with E-state index in [1.807, 2.05) is 36.4 Å². The van der Waals surface area contributed by atoms with Gasteiger partial charge in [0, 0.05) is 13.7 Å². The van der Waals surface area contributed by atoms with Crippen molar-refractivity contribution in [3.8, 4) is 5.75 Å². The predicted octanol–water partition coefficient (Wildman–Crippen LogP) is 1.88. The molecule has 6 nitrogen and oxygen atoms in total. The average Bonchev–Trinajstić information content (AvgIpc) is 3.07. The Balaban J connectivity index is 1.92. The summed E-state index contributed by atoms with van der Waals surface area (Å²) in [4.78, 5) is 26.7. The minimum absolute atomic E-state index is 0.117. The normalized spacial score (nSPS) is 19.7. The maximum atomic E-state index is 13.0. The summed E-state index contributed by atoms with van der Waals surface area (Å²) >= 11 is 0. The average molecular weight is 356 g/mol. The van der Waals surface area contributed by atoms with E-state index in [1.54, 1.807) is 12.0 Å². The van der Waals surface area contributed by atoms with Crippen molar-refractivity contribution >= 4 is 22.6 Å². The molecule has 1 saturated heterocycles. The molecular weight excluding hydrogens is 332 g/mol. The van der Waals surface area contributed by atoms with Crippen LogP contribution in [-0.4, -0.2) is 49.6 Å². The van der Waals surface area contributed by atoms with Gasteiger partial charge in [0.05, 0.1) is 20.1 Å². The molecule has 6 heteroatoms. The highest BCUT2D eigenvalue weighted by Gasteiger charge is 2.48. The van der Waals surface area contributed by atoms with Crippen molar-refractivity contribution in [2.45, 2.75) is 24.8 Å². The topological polar surface area (TPSA) is 81.9 Å². The molecule has 0 spiro atoms. The van der Waals surface area contributed by atoms with Crippen LogP contribution in [0.5, 0.6) is 5.75 Å². The molecule has 0 bridgehead atoms. The van der Waals surface area contributed by atoms with E-state index in [9.17, 15) is 9.59 Å². The van der Waals surface area contributed by atoms with E-state index in [0.29, 0.717) is 13.0 Å². The Labute approximate surface area is 152 Å². The third kappa shape index (κ3) is 3.12. The number of amides is 2. The lowest BCUT2D eigenvalue weighted by Crippen LogP contribution is -2.59. The number of likely N-dealkylation sites (tertiary alicyclic amines) is 1. The van der Waals surface area contributed by atoms with Gasteiger partial charge in [-0.1, -0.05) is 24.3 Å². The maximum Gasteiger partial charge on any atom is 0.245 e. The number of methoxy groups -OCH3 is 2. The van der Waals surface area contributed by atoms with E-state index in [-0.39, 0.29) is 18.9 Å². The molecule has 0 radical (unpaired) electrons. The van der Waals surface area contributed by atoms with Crippen LogP contribution in [0.2, 0.25) is 0 Å². The Morgan fingerprint density at radius 1 is 1.23 bits per heavy atom. The largest absolute Gasteiger partial charge is 0.497 e. The van der Waals surface area contributed by atoms with Crippen LogP contribution in [0.1, 0.15) is 18.4 Å². The molecule has 0 aromatic heterocycles. The molecule has 2 amide bonds. The Kier molecular flexibility index (Phi) is 5.13. The second kappa shape index (κ2) is 7.33. The minimum Gasteiger partial charge on any atom is -0.497 e. The Morgan fingerprint density at radius 3 is 2.73 bits per heavy atom. The van der Waals surface area contributed by atoms with E-state index < -0.39 is 11.4 Å². The molecule has 1 aliphatic heterocycles. The highest BCUT2D eigenvalue weighted by molar-refractivity contribution is 5.95. The molecule has 1 unspecified atom stereocenters. The molecule has 26 heavy (non-hydrogen) atoms. The van der Waals surface area contributed by atoms with Crippen LogP contribution in [0.3, 0.4) is 0 Å². The first-order valence-electron chi connectivity index (χ1n) is 8.67. The van der Waals surface area contributed by atoms with Crippen molar-refractivity contribution in [1.82, 2.24) is 4.90 Å². The number of fused-ring (bicyclic) bond motifs is 1. The van der Waals surface area contributed by atoms with Gasteiger partial charge in [-0.25, -0.2) is 0 Å². The number of carbonyl (C=O) groups excluding carboxylic acids is 2. The van der Waals surface area contributed by atoms with Gasteiger partial charge in [0.2, 0.25) is 11.8 Å². The van der Waals surface area contributed by atoms with Crippen LogP contribution in [0.15, 0.2) is 36.4 Å². The van der Waals surface area contributed by atoms with Crippen molar-refractivity contribution in [2.24, 2.45) is 5.73 Å². The number of ether oxygens (including phenoxy) is 2. The molecule has 2 N–H and O–H groups in total. The highest BCUT2D eigenvalue weighted by atomic mass is 16.5. The molecular formula is C20H24N2O4. The monoisotopic (exact) mass is 356 g/mol. The van der Waals surface area contributed by atoms with Crippen molar-refractivity contribution in [1.29, 1.82) is 0 Å². The third-order valence-corrected chi connectivity index (χ3v) is 5.15. The Hall–Kier alpha value is -2.60. The molecule has 1 fully saturated rings. The fourth-order valence-electron chi connectivity index (χ4n) is 3.81. The first-order chi connectivity index (χ1) is 12.5. The fraction of sp³-hybridized carbons (Fsp3) is 0.400. The summed E-state index contributed by atoms with van der Waals surface area (Å²) in [6, 6.07) is 11.6. The standard InChI is InChI=1S/C20H24N2O4/c1-25-13-20(19(21)24)9-4-10-22(20)18(23)11-15-6-3-5-14-7-8-16(26-2)12-17(14)15/h3,5-8,12H,4,9-11,13H2,1-2H3,(H2,21,24). The lowest BCUT2D eigenvalue weighted by molar-refractivity contribution is -0.146. The number of carbonyl (C=O) groups is 2. The number of nitrogens with two attached hydrogens (primary N) is 1. The van der Waals surface area contributed by atoms with Gasteiger partial charge in [-0.15, -0.1) is 0 Å². The zero-order valence-corrected chi connectivity index (χ0v) is 15.2. The molecule has 1 aliphatic rings. The quantitative estimate of drug-likeness (QED) is 0.857. The van der Waals surface area contributed by atoms with Gasteiger partial charge in [-0.05, 0) is 41.3 Å². The van der Waals surface area contributed by atoms with Gasteiger partial charge in [-0.2, -0.15) is 0 Å². The molecule has 0 saturated carbocycles. The van der Waals surface area contributed by atoms with Gasteiger partial charge in [-0.3, -0.25) is 9.59 Å². The van der Waals surface area contributed by atoms with Gasteiger partial charge in [0.15, 0.2) is 0 Å². The Morgan fingerprint density at radius 2 is 2.04 bits per heavy atom. The first-order valence-corrected chi connectivity index (χ1v) is 8.67. The predicted molar refractivity (Wildman–Crippen MR) is 99.0 cm³/mol. The molecule has 2 aromatic rings. The summed E-state index contributed by atoms with van der Waals surface area (Å²) in [6.07, 6.45) is 1.47. The van der Waals surface area contributed by atoms with Crippen molar-refractivity contribution in [3.05, 3.63) is 42.0 Å². The summed E-state index contributed by atoms with van der Waals surface area (Å²) < 4.78 is 10.5. The summed E-state index contributed by atoms with van der Waals surface area (Å²) in [5, 5.41) is 2.01. The number of primary amides is 1. The third-order valence-electron chi connectivity index (χ3n) is 5.15. The molecule has 138 valence electrons. The molecule has 1 atom stereocenters. The minimum atomic E-state index is -1.05. The fourth-order valence-corrected chi connectivity index (χ4v) is 3.81. The van der Waals surface area contributed by atoms with Crippen LogP contribution < -0.4 is 10.5 Å². The van der Waals surface area contributed by atoms with Crippen LogP contribution >= 0.6 is 0 Å². The van der Waals surface area contributed by atoms with E-state index in [0.717, 1.165) is 28.5 Å². The van der Waals surface area contributed by atoms with Crippen LogP contribution in [0.4, 0.5) is 0 Å². The second-order valence-electron chi connectivity index (χ2n) is 6.66. The SMILES string of the molecule is COCC1(C(N)=O)CCCN1C(=O)Cc1cccc2ccc(OC)cc12. The van der Waals surface area contributed by atoms with Gasteiger partial charge in [0.1, 0.15) is 11.3 Å². The number of benzene rings is 2. The van der Waals surface area contributed by atoms with E-state index in [1.165, 1.54) is 7.11 Å². The zero-order valence-electron chi connectivity index (χ0n) is 15.2. The lowest BCUT2D eigenvalue weighted by Gasteiger charge is -2.35. The maximum absolute atomic E-state index is 13.0. The van der Waals surface area contributed by atoms with E-state index in [4.69, 9.17) is 15.2 Å². The van der Waals surface area contributed by atoms with E-state index in [2.05, 4.69) is 0 Å². The number of hydrogen-bond donors (Lipinski definition) is 1. The lowest BCUT2D eigenvalue weighted by atomic mass is 9.95. The first kappa shape index (κ1) is 18.2. The number of nitrogens with zero attached hydrogens (tertiary/aromatic N) is 1. The number of rotatable bonds is 6. The zero-order chi connectivity index (χ0) is 18.7. The van der Waals surface area contributed by atoms with E-state index >= 15 is 0 Å².